The summed E-state index contributed by atoms with van der Waals surface area (Å²) in [7, 11) is 1.61. The fourth-order valence-corrected chi connectivity index (χ4v) is 4.34. The van der Waals surface area contributed by atoms with Crippen LogP contribution >= 0.6 is 0 Å². The highest BCUT2D eigenvalue weighted by atomic mass is 16.5. The molecule has 1 atom stereocenters. The van der Waals surface area contributed by atoms with E-state index in [4.69, 9.17) is 4.74 Å². The molecule has 1 unspecified atom stereocenters. The van der Waals surface area contributed by atoms with Gasteiger partial charge in [0.25, 0.3) is 11.8 Å². The van der Waals surface area contributed by atoms with E-state index in [0.29, 0.717) is 22.9 Å². The Balaban J connectivity index is 1.78. The van der Waals surface area contributed by atoms with E-state index in [1.54, 1.807) is 7.11 Å². The van der Waals surface area contributed by atoms with Gasteiger partial charge in [-0.1, -0.05) is 38.1 Å². The van der Waals surface area contributed by atoms with Crippen LogP contribution in [-0.4, -0.2) is 36.9 Å². The summed E-state index contributed by atoms with van der Waals surface area (Å²) in [6, 6.07) is 15.1. The van der Waals surface area contributed by atoms with E-state index < -0.39 is 0 Å². The maximum atomic E-state index is 13.6. The van der Waals surface area contributed by atoms with Gasteiger partial charge in [0.1, 0.15) is 11.4 Å². The summed E-state index contributed by atoms with van der Waals surface area (Å²) >= 11 is 0. The van der Waals surface area contributed by atoms with Crippen molar-refractivity contribution in [3.63, 3.8) is 0 Å². The van der Waals surface area contributed by atoms with Crippen molar-refractivity contribution in [1.29, 1.82) is 0 Å². The Kier molecular flexibility index (Phi) is 5.62. The molecule has 1 saturated heterocycles. The molecule has 2 aliphatic rings. The number of imide groups is 1. The number of hydrogen-bond acceptors (Lipinski definition) is 4. The molecule has 0 N–H and O–H groups in total. The highest BCUT2D eigenvalue weighted by molar-refractivity contribution is 6.45. The van der Waals surface area contributed by atoms with Crippen molar-refractivity contribution in [1.82, 2.24) is 4.90 Å². The van der Waals surface area contributed by atoms with Gasteiger partial charge in [-0.3, -0.25) is 9.59 Å². The normalized spacial score (nSPS) is 19.6. The second-order valence-electron chi connectivity index (χ2n) is 8.11. The lowest BCUT2D eigenvalue weighted by atomic mass is 9.98. The number of nitrogens with zero attached hydrogens (tertiary/aromatic N) is 2. The van der Waals surface area contributed by atoms with Crippen LogP contribution in [0.2, 0.25) is 0 Å². The highest BCUT2D eigenvalue weighted by Gasteiger charge is 2.43. The largest absolute Gasteiger partial charge is 0.497 e. The van der Waals surface area contributed by atoms with Crippen LogP contribution in [0.3, 0.4) is 0 Å². The van der Waals surface area contributed by atoms with Gasteiger partial charge in [-0.05, 0) is 60.6 Å². The minimum absolute atomic E-state index is 0.232. The lowest BCUT2D eigenvalue weighted by Crippen LogP contribution is -2.39. The number of carbonyl (C=O) groups is 2. The summed E-state index contributed by atoms with van der Waals surface area (Å²) in [5, 5.41) is 0. The van der Waals surface area contributed by atoms with Crippen LogP contribution in [-0.2, 0) is 16.0 Å². The summed E-state index contributed by atoms with van der Waals surface area (Å²) < 4.78 is 5.26. The summed E-state index contributed by atoms with van der Waals surface area (Å²) in [6.45, 7) is 5.86. The van der Waals surface area contributed by atoms with Gasteiger partial charge in [0, 0.05) is 13.1 Å². The molecule has 5 nitrogen and oxygen atoms in total. The molecule has 0 spiro atoms. The number of methoxy groups -OCH3 is 1. The fraction of sp³-hybridized carbons (Fsp3) is 0.360. The number of piperidine rings is 1. The monoisotopic (exact) mass is 404 g/mol. The molecule has 0 saturated carbocycles. The Morgan fingerprint density at radius 3 is 2.30 bits per heavy atom. The molecule has 2 amide bonds. The summed E-state index contributed by atoms with van der Waals surface area (Å²) in [5.41, 5.74) is 3.54. The SMILES string of the molecule is CCc1ccc(N2C(=O)C(c3ccc(OC)cc3)=C(N3CCCC(C)C3)C2=O)cc1. The second-order valence-corrected chi connectivity index (χ2v) is 8.11. The van der Waals surface area contributed by atoms with Crippen molar-refractivity contribution < 1.29 is 14.3 Å². The van der Waals surface area contributed by atoms with Crippen LogP contribution in [0.15, 0.2) is 54.2 Å². The van der Waals surface area contributed by atoms with Gasteiger partial charge >= 0.3 is 0 Å². The zero-order valence-electron chi connectivity index (χ0n) is 17.9. The summed E-state index contributed by atoms with van der Waals surface area (Å²) in [5.74, 6) is 0.715. The van der Waals surface area contributed by atoms with Crippen molar-refractivity contribution in [2.45, 2.75) is 33.1 Å². The number of carbonyl (C=O) groups excluding carboxylic acids is 2. The highest BCUT2D eigenvalue weighted by Crippen LogP contribution is 2.37. The number of anilines is 1. The maximum absolute atomic E-state index is 13.6. The third-order valence-corrected chi connectivity index (χ3v) is 6.01. The van der Waals surface area contributed by atoms with E-state index in [0.717, 1.165) is 43.7 Å². The summed E-state index contributed by atoms with van der Waals surface area (Å²) in [4.78, 5) is 30.5. The Labute approximate surface area is 177 Å². The average Bonchev–Trinajstić information content (AvgIpc) is 3.04. The van der Waals surface area contributed by atoms with E-state index >= 15 is 0 Å². The molecule has 1 fully saturated rings. The predicted molar refractivity (Wildman–Crippen MR) is 118 cm³/mol. The number of aryl methyl sites for hydroxylation is 1. The first-order valence-corrected chi connectivity index (χ1v) is 10.6. The maximum Gasteiger partial charge on any atom is 0.282 e. The van der Waals surface area contributed by atoms with E-state index in [-0.39, 0.29) is 11.8 Å². The Morgan fingerprint density at radius 2 is 1.70 bits per heavy atom. The van der Waals surface area contributed by atoms with Gasteiger partial charge in [-0.2, -0.15) is 0 Å². The van der Waals surface area contributed by atoms with Crippen LogP contribution < -0.4 is 9.64 Å². The van der Waals surface area contributed by atoms with Gasteiger partial charge in [0.15, 0.2) is 0 Å². The topological polar surface area (TPSA) is 49.9 Å². The van der Waals surface area contributed by atoms with Crippen LogP contribution in [0.4, 0.5) is 5.69 Å². The summed E-state index contributed by atoms with van der Waals surface area (Å²) in [6.07, 6.45) is 3.08. The first-order chi connectivity index (χ1) is 14.5. The van der Waals surface area contributed by atoms with Gasteiger partial charge in [-0.25, -0.2) is 4.90 Å². The lowest BCUT2D eigenvalue weighted by molar-refractivity contribution is -0.120. The van der Waals surface area contributed by atoms with E-state index in [9.17, 15) is 9.59 Å². The lowest BCUT2D eigenvalue weighted by Gasteiger charge is -2.33. The number of likely N-dealkylation sites (tertiary alicyclic amines) is 1. The van der Waals surface area contributed by atoms with Crippen molar-refractivity contribution in [3.8, 4) is 5.75 Å². The third kappa shape index (κ3) is 3.60. The molecular weight excluding hydrogens is 376 g/mol. The van der Waals surface area contributed by atoms with Crippen LogP contribution in [0.5, 0.6) is 5.75 Å². The third-order valence-electron chi connectivity index (χ3n) is 6.01. The van der Waals surface area contributed by atoms with E-state index in [1.807, 2.05) is 48.5 Å². The predicted octanol–water partition coefficient (Wildman–Crippen LogP) is 4.27. The number of rotatable bonds is 5. The van der Waals surface area contributed by atoms with Crippen molar-refractivity contribution >= 4 is 23.1 Å². The number of ether oxygens (including phenoxy) is 1. The molecule has 156 valence electrons. The molecule has 2 aromatic carbocycles. The quantitative estimate of drug-likeness (QED) is 0.698. The second kappa shape index (κ2) is 8.34. The van der Waals surface area contributed by atoms with Crippen molar-refractivity contribution in [3.05, 3.63) is 65.4 Å². The number of hydrogen-bond donors (Lipinski definition) is 0. The fourth-order valence-electron chi connectivity index (χ4n) is 4.34. The molecular formula is C25H28N2O3. The number of amides is 2. The van der Waals surface area contributed by atoms with Crippen LogP contribution in [0.1, 0.15) is 37.8 Å². The molecule has 30 heavy (non-hydrogen) atoms. The van der Waals surface area contributed by atoms with Crippen molar-refractivity contribution in [2.75, 3.05) is 25.1 Å². The molecule has 0 aliphatic carbocycles. The van der Waals surface area contributed by atoms with E-state index in [1.165, 1.54) is 10.5 Å². The van der Waals surface area contributed by atoms with Crippen LogP contribution in [0, 0.1) is 5.92 Å². The minimum atomic E-state index is -0.261. The first-order valence-electron chi connectivity index (χ1n) is 10.6. The smallest absolute Gasteiger partial charge is 0.282 e. The molecule has 5 heteroatoms. The zero-order chi connectivity index (χ0) is 21.3. The van der Waals surface area contributed by atoms with Gasteiger partial charge in [0.05, 0.1) is 18.4 Å². The standard InChI is InChI=1S/C25H28N2O3/c1-4-18-7-11-20(12-8-18)27-24(28)22(19-9-13-21(30-3)14-10-19)23(25(27)29)26-15-5-6-17(2)16-26/h7-14,17H,4-6,15-16H2,1-3H3. The van der Waals surface area contributed by atoms with Crippen LogP contribution in [0.25, 0.3) is 5.57 Å². The minimum Gasteiger partial charge on any atom is -0.497 e. The molecule has 2 aliphatic heterocycles. The Bertz CT molecular complexity index is 976. The number of benzene rings is 2. The first kappa shape index (κ1) is 20.2. The van der Waals surface area contributed by atoms with Gasteiger partial charge in [-0.15, -0.1) is 0 Å². The molecule has 2 aromatic rings. The molecule has 4 rings (SSSR count). The zero-order valence-corrected chi connectivity index (χ0v) is 17.9. The van der Waals surface area contributed by atoms with Gasteiger partial charge < -0.3 is 9.64 Å². The Hall–Kier alpha value is -3.08. The molecule has 0 radical (unpaired) electrons. The van der Waals surface area contributed by atoms with Gasteiger partial charge in [0.2, 0.25) is 0 Å². The Morgan fingerprint density at radius 1 is 1.00 bits per heavy atom. The molecule has 2 heterocycles. The average molecular weight is 405 g/mol. The van der Waals surface area contributed by atoms with Crippen molar-refractivity contribution in [2.24, 2.45) is 5.92 Å². The molecule has 0 bridgehead atoms. The van der Waals surface area contributed by atoms with E-state index in [2.05, 4.69) is 18.7 Å². The molecule has 0 aromatic heterocycles.